The third-order valence-electron chi connectivity index (χ3n) is 7.54. The maximum absolute atomic E-state index is 12.0. The van der Waals surface area contributed by atoms with Crippen molar-refractivity contribution in [1.29, 1.82) is 0 Å². The normalized spacial score (nSPS) is 19.9. The van der Waals surface area contributed by atoms with E-state index in [2.05, 4.69) is 53.3 Å². The lowest BCUT2D eigenvalue weighted by molar-refractivity contribution is -0.129. The Morgan fingerprint density at radius 3 is 2.85 bits per heavy atom. The van der Waals surface area contributed by atoms with Gasteiger partial charge in [-0.2, -0.15) is 10.1 Å². The molecule has 0 aliphatic carbocycles. The van der Waals surface area contributed by atoms with Crippen LogP contribution in [0.3, 0.4) is 0 Å². The number of likely N-dealkylation sites (tertiary alicyclic amines) is 1. The summed E-state index contributed by atoms with van der Waals surface area (Å²) in [7, 11) is 3.85. The Balaban J connectivity index is 1.46. The van der Waals surface area contributed by atoms with Gasteiger partial charge in [0.05, 0.1) is 37.0 Å². The van der Waals surface area contributed by atoms with Gasteiger partial charge in [-0.15, -0.1) is 0 Å². The van der Waals surface area contributed by atoms with E-state index in [4.69, 9.17) is 9.72 Å². The molecule has 2 aliphatic heterocycles. The van der Waals surface area contributed by atoms with Gasteiger partial charge >= 0.3 is 0 Å². The third-order valence-corrected chi connectivity index (χ3v) is 7.54. The number of methoxy groups -OCH3 is 1. The lowest BCUT2D eigenvalue weighted by atomic mass is 9.83. The summed E-state index contributed by atoms with van der Waals surface area (Å²) >= 11 is 0. The highest BCUT2D eigenvalue weighted by Gasteiger charge is 2.33. The Labute approximate surface area is 200 Å². The van der Waals surface area contributed by atoms with Gasteiger partial charge in [-0.1, -0.05) is 0 Å². The van der Waals surface area contributed by atoms with Crippen molar-refractivity contribution in [3.8, 4) is 5.75 Å². The number of nitrogens with zero attached hydrogens (tertiary/aromatic N) is 6. The van der Waals surface area contributed by atoms with E-state index in [1.165, 1.54) is 11.1 Å². The molecule has 1 unspecified atom stereocenters. The number of amides is 1. The molecule has 4 heterocycles. The van der Waals surface area contributed by atoms with E-state index >= 15 is 0 Å². The number of carbonyl (C=O) groups is 1. The van der Waals surface area contributed by atoms with Gasteiger partial charge in [0.25, 0.3) is 0 Å². The van der Waals surface area contributed by atoms with Crippen molar-refractivity contribution in [2.75, 3.05) is 32.6 Å². The molecule has 9 nitrogen and oxygen atoms in total. The first kappa shape index (κ1) is 22.6. The van der Waals surface area contributed by atoms with E-state index in [0.29, 0.717) is 12.5 Å². The minimum absolute atomic E-state index is 0.0798. The number of rotatable bonds is 5. The average molecular weight is 464 g/mol. The average Bonchev–Trinajstić information content (AvgIpc) is 3.44. The molecule has 2 aromatic heterocycles. The molecule has 1 saturated heterocycles. The Morgan fingerprint density at radius 2 is 2.09 bits per heavy atom. The minimum Gasteiger partial charge on any atom is -0.495 e. The van der Waals surface area contributed by atoms with E-state index < -0.39 is 0 Å². The Bertz CT molecular complexity index is 1240. The molecule has 1 atom stereocenters. The van der Waals surface area contributed by atoms with Crippen LogP contribution in [0.4, 0.5) is 11.6 Å². The Hall–Kier alpha value is -3.20. The smallest absolute Gasteiger partial charge is 0.229 e. The number of anilines is 2. The second-order valence-electron chi connectivity index (χ2n) is 9.87. The number of ether oxygens (including phenoxy) is 1. The summed E-state index contributed by atoms with van der Waals surface area (Å²) in [6, 6.07) is 4.44. The van der Waals surface area contributed by atoms with E-state index in [1.807, 2.05) is 9.58 Å². The van der Waals surface area contributed by atoms with Crippen LogP contribution < -0.4 is 10.1 Å². The van der Waals surface area contributed by atoms with Gasteiger partial charge < -0.3 is 15.0 Å². The molecule has 3 aromatic rings. The largest absolute Gasteiger partial charge is 0.495 e. The second-order valence-corrected chi connectivity index (χ2v) is 9.87. The lowest BCUT2D eigenvalue weighted by Gasteiger charge is -2.42. The molecule has 5 rings (SSSR count). The van der Waals surface area contributed by atoms with Crippen molar-refractivity contribution < 1.29 is 9.53 Å². The number of hydrogen-bond donors (Lipinski definition) is 1. The van der Waals surface area contributed by atoms with Crippen LogP contribution in [0.2, 0.25) is 0 Å². The van der Waals surface area contributed by atoms with Crippen molar-refractivity contribution in [3.05, 3.63) is 35.7 Å². The molecular formula is C25H33N7O2. The van der Waals surface area contributed by atoms with Gasteiger partial charge in [-0.25, -0.2) is 9.67 Å². The summed E-state index contributed by atoms with van der Waals surface area (Å²) in [6.07, 6.45) is 6.56. The summed E-state index contributed by atoms with van der Waals surface area (Å²) in [5, 5.41) is 8.80. The highest BCUT2D eigenvalue weighted by atomic mass is 16.5. The molecule has 180 valence electrons. The predicted molar refractivity (Wildman–Crippen MR) is 131 cm³/mol. The van der Waals surface area contributed by atoms with Crippen molar-refractivity contribution >= 4 is 28.6 Å². The number of hydrogen-bond acceptors (Lipinski definition) is 7. The highest BCUT2D eigenvalue weighted by Crippen LogP contribution is 2.40. The first-order chi connectivity index (χ1) is 16.3. The zero-order valence-corrected chi connectivity index (χ0v) is 20.6. The molecule has 0 saturated carbocycles. The first-order valence-electron chi connectivity index (χ1n) is 11.9. The fourth-order valence-corrected chi connectivity index (χ4v) is 5.26. The van der Waals surface area contributed by atoms with E-state index in [0.717, 1.165) is 54.8 Å². The Kier molecular flexibility index (Phi) is 5.67. The van der Waals surface area contributed by atoms with Crippen molar-refractivity contribution in [3.63, 3.8) is 0 Å². The Morgan fingerprint density at radius 1 is 1.26 bits per heavy atom. The van der Waals surface area contributed by atoms with Gasteiger partial charge in [0.2, 0.25) is 11.9 Å². The molecule has 1 aromatic carbocycles. The number of nitrogens with one attached hydrogen (secondary N) is 1. The summed E-state index contributed by atoms with van der Waals surface area (Å²) in [6.45, 7) is 8.58. The molecule has 0 bridgehead atoms. The summed E-state index contributed by atoms with van der Waals surface area (Å²) in [5.41, 5.74) is 4.11. The second kappa shape index (κ2) is 8.54. The quantitative estimate of drug-likeness (QED) is 0.621. The number of fused-ring (bicyclic) bond motifs is 2. The van der Waals surface area contributed by atoms with Crippen LogP contribution in [0.1, 0.15) is 44.7 Å². The molecule has 9 heteroatoms. The van der Waals surface area contributed by atoms with Gasteiger partial charge in [0.15, 0.2) is 5.65 Å². The topological polar surface area (TPSA) is 88.4 Å². The predicted octanol–water partition coefficient (Wildman–Crippen LogP) is 3.31. The number of aromatic nitrogens is 4. The van der Waals surface area contributed by atoms with Gasteiger partial charge in [0, 0.05) is 31.7 Å². The highest BCUT2D eigenvalue weighted by molar-refractivity contribution is 5.76. The van der Waals surface area contributed by atoms with Crippen LogP contribution in [0.15, 0.2) is 24.5 Å². The maximum atomic E-state index is 12.0. The van der Waals surface area contributed by atoms with Crippen LogP contribution in [0.25, 0.3) is 11.0 Å². The van der Waals surface area contributed by atoms with E-state index in [-0.39, 0.29) is 17.5 Å². The van der Waals surface area contributed by atoms with Crippen LogP contribution in [-0.2, 0) is 23.3 Å². The first-order valence-corrected chi connectivity index (χ1v) is 11.9. The van der Waals surface area contributed by atoms with Crippen LogP contribution in [0.5, 0.6) is 5.75 Å². The number of likely N-dealkylation sites (N-methyl/N-ethyl adjacent to an activating group) is 1. The van der Waals surface area contributed by atoms with Crippen molar-refractivity contribution in [1.82, 2.24) is 29.5 Å². The molecule has 34 heavy (non-hydrogen) atoms. The van der Waals surface area contributed by atoms with E-state index in [9.17, 15) is 4.79 Å². The van der Waals surface area contributed by atoms with E-state index in [1.54, 1.807) is 26.4 Å². The SMILES string of the molecule is COc1cc2c(cc1Nc1ncc3cnn(CC4CCCN4C(C)=O)c3n1)C(C)(C)N(C)CC2. The molecule has 0 spiro atoms. The molecule has 0 radical (unpaired) electrons. The minimum atomic E-state index is -0.0798. The van der Waals surface area contributed by atoms with Crippen LogP contribution in [-0.4, -0.2) is 68.7 Å². The standard InChI is InChI=1S/C25H33N7O2/c1-16(33)31-9-6-7-19(31)15-32-23-18(14-27-32)13-26-24(29-23)28-21-12-20-17(11-22(21)34-5)8-10-30(4)25(20,2)3/h11-14,19H,6-10,15H2,1-5H3,(H,26,28,29). The van der Waals surface area contributed by atoms with Crippen LogP contribution in [0, 0.1) is 0 Å². The fourth-order valence-electron chi connectivity index (χ4n) is 5.26. The summed E-state index contributed by atoms with van der Waals surface area (Å²) in [4.78, 5) is 25.6. The molecule has 1 fully saturated rings. The lowest BCUT2D eigenvalue weighted by Crippen LogP contribution is -2.44. The third kappa shape index (κ3) is 3.87. The molecule has 1 amide bonds. The maximum Gasteiger partial charge on any atom is 0.229 e. The van der Waals surface area contributed by atoms with Gasteiger partial charge in [0.1, 0.15) is 5.75 Å². The van der Waals surface area contributed by atoms with Crippen LogP contribution >= 0.6 is 0 Å². The monoisotopic (exact) mass is 463 g/mol. The molecule has 1 N–H and O–H groups in total. The van der Waals surface area contributed by atoms with Crippen molar-refractivity contribution in [2.24, 2.45) is 0 Å². The summed E-state index contributed by atoms with van der Waals surface area (Å²) in [5.74, 6) is 1.38. The number of carbonyl (C=O) groups excluding carboxylic acids is 1. The summed E-state index contributed by atoms with van der Waals surface area (Å²) < 4.78 is 7.60. The molecular weight excluding hydrogens is 430 g/mol. The fraction of sp³-hybridized carbons (Fsp3) is 0.520. The van der Waals surface area contributed by atoms with Gasteiger partial charge in [-0.3, -0.25) is 9.69 Å². The van der Waals surface area contributed by atoms with Crippen molar-refractivity contribution in [2.45, 2.75) is 58.2 Å². The number of benzene rings is 1. The zero-order valence-electron chi connectivity index (χ0n) is 20.6. The zero-order chi connectivity index (χ0) is 24.0. The molecule has 2 aliphatic rings. The van der Waals surface area contributed by atoms with Gasteiger partial charge in [-0.05, 0) is 63.4 Å².